The molecule has 0 radical (unpaired) electrons. The minimum absolute atomic E-state index is 0.0313. The number of ether oxygens (including phenoxy) is 1. The molecule has 1 heterocycles. The van der Waals surface area contributed by atoms with E-state index in [0.29, 0.717) is 18.2 Å². The number of amides is 3. The van der Waals surface area contributed by atoms with Gasteiger partial charge in [0.1, 0.15) is 18.0 Å². The molecule has 1 unspecified atom stereocenters. The molecule has 3 amide bonds. The smallest absolute Gasteiger partial charge is 0.417 e. The van der Waals surface area contributed by atoms with Crippen molar-refractivity contribution in [2.75, 3.05) is 32.7 Å². The molecule has 4 rings (SSSR count). The second-order valence-corrected chi connectivity index (χ2v) is 11.6. The van der Waals surface area contributed by atoms with E-state index in [0.717, 1.165) is 21.6 Å². The number of halogens is 4. The zero-order valence-electron chi connectivity index (χ0n) is 25.0. The maximum absolute atomic E-state index is 13.8. The molecule has 1 aliphatic heterocycles. The predicted octanol–water partition coefficient (Wildman–Crippen LogP) is 6.79. The van der Waals surface area contributed by atoms with E-state index in [4.69, 9.17) is 4.74 Å². The third-order valence-corrected chi connectivity index (χ3v) is 7.34. The Kier molecular flexibility index (Phi) is 9.66. The first-order valence-corrected chi connectivity index (χ1v) is 14.2. The van der Waals surface area contributed by atoms with Gasteiger partial charge in [-0.25, -0.2) is 9.18 Å². The number of nitrogens with zero attached hydrogens (tertiary/aromatic N) is 3. The number of piperazine rings is 1. The molecule has 0 spiro atoms. The third-order valence-electron chi connectivity index (χ3n) is 7.34. The third kappa shape index (κ3) is 7.94. The second kappa shape index (κ2) is 13.1. The highest BCUT2D eigenvalue weighted by Crippen LogP contribution is 2.33. The van der Waals surface area contributed by atoms with Crippen LogP contribution in [0.25, 0.3) is 11.1 Å². The molecule has 44 heavy (non-hydrogen) atoms. The van der Waals surface area contributed by atoms with E-state index in [-0.39, 0.29) is 32.7 Å². The molecule has 0 aliphatic carbocycles. The first-order valence-electron chi connectivity index (χ1n) is 14.2. The van der Waals surface area contributed by atoms with Gasteiger partial charge >= 0.3 is 12.3 Å². The summed E-state index contributed by atoms with van der Waals surface area (Å²) in [6.45, 7) is 6.61. The van der Waals surface area contributed by atoms with Crippen molar-refractivity contribution in [3.8, 4) is 11.1 Å². The van der Waals surface area contributed by atoms with Crippen LogP contribution < -0.4 is 0 Å². The van der Waals surface area contributed by atoms with Crippen LogP contribution in [0, 0.1) is 5.82 Å². The Morgan fingerprint density at radius 1 is 0.841 bits per heavy atom. The average Bonchev–Trinajstić information content (AvgIpc) is 2.98. The highest BCUT2D eigenvalue weighted by atomic mass is 19.4. The van der Waals surface area contributed by atoms with Gasteiger partial charge in [0.15, 0.2) is 0 Å². The van der Waals surface area contributed by atoms with Gasteiger partial charge in [0.2, 0.25) is 5.91 Å². The van der Waals surface area contributed by atoms with Crippen molar-refractivity contribution in [1.82, 2.24) is 14.7 Å². The molecule has 0 N–H and O–H groups in total. The lowest BCUT2D eigenvalue weighted by molar-refractivity contribution is -0.138. The lowest BCUT2D eigenvalue weighted by Crippen LogP contribution is -2.53. The molecule has 11 heteroatoms. The molecular weight excluding hydrogens is 578 g/mol. The summed E-state index contributed by atoms with van der Waals surface area (Å²) >= 11 is 0. The molecule has 3 aromatic rings. The summed E-state index contributed by atoms with van der Waals surface area (Å²) in [4.78, 5) is 43.6. The van der Waals surface area contributed by atoms with Crippen molar-refractivity contribution in [2.24, 2.45) is 0 Å². The van der Waals surface area contributed by atoms with Crippen molar-refractivity contribution in [1.29, 1.82) is 0 Å². The lowest BCUT2D eigenvalue weighted by atomic mass is 10.0. The number of hydrogen-bond acceptors (Lipinski definition) is 4. The van der Waals surface area contributed by atoms with Gasteiger partial charge in [0.05, 0.1) is 17.2 Å². The van der Waals surface area contributed by atoms with Crippen LogP contribution >= 0.6 is 0 Å². The number of alkyl halides is 3. The molecule has 1 saturated heterocycles. The maximum atomic E-state index is 13.8. The minimum Gasteiger partial charge on any atom is -0.444 e. The zero-order chi connectivity index (χ0) is 32.2. The Morgan fingerprint density at radius 3 is 1.98 bits per heavy atom. The molecule has 1 aliphatic rings. The van der Waals surface area contributed by atoms with Crippen LogP contribution in [-0.4, -0.2) is 70.9 Å². The van der Waals surface area contributed by atoms with E-state index in [1.807, 2.05) is 54.6 Å². The molecule has 7 nitrogen and oxygen atoms in total. The predicted molar refractivity (Wildman–Crippen MR) is 157 cm³/mol. The SMILES string of the molecule is CC(c1ccc(-c2ccccc2)cc1)N(CC(=O)N1CCN(C(=O)c2cc(F)ccc2C(F)(F)F)CC1)C(=O)OC(C)(C)C. The summed E-state index contributed by atoms with van der Waals surface area (Å²) in [6.07, 6.45) is -5.51. The van der Waals surface area contributed by atoms with Gasteiger partial charge in [0, 0.05) is 26.2 Å². The van der Waals surface area contributed by atoms with Crippen LogP contribution in [0.4, 0.5) is 22.4 Å². The fraction of sp³-hybridized carbons (Fsp3) is 0.364. The van der Waals surface area contributed by atoms with E-state index in [1.165, 1.54) is 9.80 Å². The van der Waals surface area contributed by atoms with Crippen LogP contribution in [-0.2, 0) is 15.7 Å². The van der Waals surface area contributed by atoms with Crippen molar-refractivity contribution in [3.05, 3.63) is 95.3 Å². The number of hydrogen-bond donors (Lipinski definition) is 0. The van der Waals surface area contributed by atoms with Crippen molar-refractivity contribution in [2.45, 2.75) is 45.5 Å². The number of carbonyl (C=O) groups is 3. The molecule has 3 aromatic carbocycles. The van der Waals surface area contributed by atoms with Crippen LogP contribution in [0.5, 0.6) is 0 Å². The Morgan fingerprint density at radius 2 is 1.41 bits per heavy atom. The highest BCUT2D eigenvalue weighted by molar-refractivity contribution is 5.96. The van der Waals surface area contributed by atoms with Gasteiger partial charge in [-0.15, -0.1) is 0 Å². The second-order valence-electron chi connectivity index (χ2n) is 11.6. The van der Waals surface area contributed by atoms with Crippen LogP contribution in [0.3, 0.4) is 0 Å². The monoisotopic (exact) mass is 613 g/mol. The molecule has 234 valence electrons. The van der Waals surface area contributed by atoms with Crippen molar-refractivity contribution < 1.29 is 36.7 Å². The van der Waals surface area contributed by atoms with Gasteiger partial charge in [-0.3, -0.25) is 14.5 Å². The number of rotatable bonds is 6. The van der Waals surface area contributed by atoms with Crippen molar-refractivity contribution >= 4 is 17.9 Å². The van der Waals surface area contributed by atoms with E-state index >= 15 is 0 Å². The molecule has 0 aromatic heterocycles. The van der Waals surface area contributed by atoms with E-state index in [2.05, 4.69) is 0 Å². The van der Waals surface area contributed by atoms with Gasteiger partial charge in [-0.2, -0.15) is 13.2 Å². The van der Waals surface area contributed by atoms with Gasteiger partial charge in [0.25, 0.3) is 5.91 Å². The lowest BCUT2D eigenvalue weighted by Gasteiger charge is -2.37. The molecule has 0 bridgehead atoms. The Labute approximate surface area is 254 Å². The maximum Gasteiger partial charge on any atom is 0.417 e. The summed E-state index contributed by atoms with van der Waals surface area (Å²) in [5, 5.41) is 0. The Hall–Kier alpha value is -4.41. The van der Waals surface area contributed by atoms with E-state index in [1.54, 1.807) is 27.7 Å². The zero-order valence-corrected chi connectivity index (χ0v) is 25.0. The van der Waals surface area contributed by atoms with Crippen LogP contribution in [0.1, 0.15) is 55.2 Å². The van der Waals surface area contributed by atoms with Crippen LogP contribution in [0.15, 0.2) is 72.8 Å². The summed E-state index contributed by atoms with van der Waals surface area (Å²) in [5.41, 5.74) is 0.00829. The summed E-state index contributed by atoms with van der Waals surface area (Å²) in [5.74, 6) is -2.33. The normalized spacial score (nSPS) is 14.6. The summed E-state index contributed by atoms with van der Waals surface area (Å²) in [6, 6.07) is 18.7. The Bertz CT molecular complexity index is 1480. The minimum atomic E-state index is -4.83. The van der Waals surface area contributed by atoms with Gasteiger partial charge in [-0.1, -0.05) is 54.6 Å². The standard InChI is InChI=1S/C33H35F4N3O4/c1-22(23-10-12-25(13-11-23)24-8-6-5-7-9-24)40(31(43)44-32(2,3)4)21-29(41)38-16-18-39(19-17-38)30(42)27-20-26(34)14-15-28(27)33(35,36)37/h5-15,20,22H,16-19,21H2,1-4H3. The van der Waals surface area contributed by atoms with E-state index < -0.39 is 52.7 Å². The van der Waals surface area contributed by atoms with Crippen LogP contribution in [0.2, 0.25) is 0 Å². The Balaban J connectivity index is 1.46. The molecular formula is C33H35F4N3O4. The molecule has 1 atom stereocenters. The van der Waals surface area contributed by atoms with Crippen molar-refractivity contribution in [3.63, 3.8) is 0 Å². The number of benzene rings is 3. The van der Waals surface area contributed by atoms with Gasteiger partial charge in [-0.05, 0) is 62.6 Å². The highest BCUT2D eigenvalue weighted by Gasteiger charge is 2.38. The molecule has 1 fully saturated rings. The van der Waals surface area contributed by atoms with E-state index in [9.17, 15) is 31.9 Å². The first-order chi connectivity index (χ1) is 20.6. The largest absolute Gasteiger partial charge is 0.444 e. The summed E-state index contributed by atoms with van der Waals surface area (Å²) < 4.78 is 59.8. The number of carbonyl (C=O) groups excluding carboxylic acids is 3. The van der Waals surface area contributed by atoms with Gasteiger partial charge < -0.3 is 14.5 Å². The quantitative estimate of drug-likeness (QED) is 0.287. The molecule has 0 saturated carbocycles. The fourth-order valence-corrected chi connectivity index (χ4v) is 4.96. The fourth-order valence-electron chi connectivity index (χ4n) is 4.96. The topological polar surface area (TPSA) is 70.2 Å². The first kappa shape index (κ1) is 32.5. The average molecular weight is 614 g/mol. The summed E-state index contributed by atoms with van der Waals surface area (Å²) in [7, 11) is 0.